The first-order chi connectivity index (χ1) is 12.0. The molecule has 1 atom stereocenters. The van der Waals surface area contributed by atoms with Crippen LogP contribution in [0.15, 0.2) is 24.3 Å². The molecular weight excluding hydrogens is 340 g/mol. The van der Waals surface area contributed by atoms with Crippen LogP contribution >= 0.6 is 0 Å². The van der Waals surface area contributed by atoms with Crippen LogP contribution in [0.2, 0.25) is 0 Å². The van der Waals surface area contributed by atoms with Crippen molar-refractivity contribution in [3.05, 3.63) is 29.8 Å². The van der Waals surface area contributed by atoms with Gasteiger partial charge in [-0.1, -0.05) is 18.2 Å². The first-order valence-electron chi connectivity index (χ1n) is 8.44. The number of para-hydroxylation sites is 1. The number of methoxy groups -OCH3 is 1. The second-order valence-corrected chi connectivity index (χ2v) is 7.95. The summed E-state index contributed by atoms with van der Waals surface area (Å²) in [6.07, 6.45) is 2.39. The van der Waals surface area contributed by atoms with Gasteiger partial charge in [0, 0.05) is 32.1 Å². The fraction of sp³-hybridized carbons (Fsp3) is 0.588. The fourth-order valence-electron chi connectivity index (χ4n) is 3.05. The lowest BCUT2D eigenvalue weighted by Gasteiger charge is -2.30. The molecule has 0 saturated carbocycles. The van der Waals surface area contributed by atoms with Crippen molar-refractivity contribution in [1.82, 2.24) is 13.9 Å². The number of nitrogens with one attached hydrogen (secondary N) is 1. The Balaban J connectivity index is 2.16. The number of ether oxygens (including phenoxy) is 1. The SMILES string of the molecule is COc1ccccc1C(CNS(=O)(=O)N(C)CCC#N)N1CCCC1. The Kier molecular flexibility index (Phi) is 7.20. The van der Waals surface area contributed by atoms with Crippen molar-refractivity contribution in [1.29, 1.82) is 5.26 Å². The number of nitriles is 1. The fourth-order valence-corrected chi connectivity index (χ4v) is 3.97. The standard InChI is InChI=1S/C17H26N4O3S/c1-20(11-7-10-18)25(22,23)19-14-16(21-12-5-6-13-21)15-8-3-4-9-17(15)24-2/h3-4,8-9,16,19H,5-7,11-14H2,1-2H3. The Bertz CT molecular complexity index is 696. The minimum Gasteiger partial charge on any atom is -0.496 e. The van der Waals surface area contributed by atoms with Gasteiger partial charge in [0.05, 0.1) is 19.2 Å². The van der Waals surface area contributed by atoms with E-state index in [2.05, 4.69) is 9.62 Å². The maximum Gasteiger partial charge on any atom is 0.279 e. The number of nitrogens with zero attached hydrogens (tertiary/aromatic N) is 3. The first-order valence-corrected chi connectivity index (χ1v) is 9.88. The van der Waals surface area contributed by atoms with E-state index in [0.717, 1.165) is 37.2 Å². The van der Waals surface area contributed by atoms with Crippen LogP contribution < -0.4 is 9.46 Å². The van der Waals surface area contributed by atoms with Gasteiger partial charge >= 0.3 is 0 Å². The van der Waals surface area contributed by atoms with Gasteiger partial charge in [0.1, 0.15) is 5.75 Å². The quantitative estimate of drug-likeness (QED) is 0.716. The van der Waals surface area contributed by atoms with E-state index in [-0.39, 0.29) is 25.6 Å². The van der Waals surface area contributed by atoms with Gasteiger partial charge in [-0.05, 0) is 32.0 Å². The van der Waals surface area contributed by atoms with Gasteiger partial charge in [-0.15, -0.1) is 0 Å². The molecular formula is C17H26N4O3S. The molecule has 0 aromatic heterocycles. The lowest BCUT2D eigenvalue weighted by Crippen LogP contribution is -2.43. The summed E-state index contributed by atoms with van der Waals surface area (Å²) in [5.41, 5.74) is 0.981. The van der Waals surface area contributed by atoms with Gasteiger partial charge in [-0.3, -0.25) is 4.90 Å². The largest absolute Gasteiger partial charge is 0.496 e. The minimum atomic E-state index is -3.62. The molecule has 1 fully saturated rings. The number of benzene rings is 1. The van der Waals surface area contributed by atoms with Crippen molar-refractivity contribution in [2.45, 2.75) is 25.3 Å². The van der Waals surface area contributed by atoms with Gasteiger partial charge in [0.2, 0.25) is 0 Å². The molecule has 0 amide bonds. The summed E-state index contributed by atoms with van der Waals surface area (Å²) >= 11 is 0. The second-order valence-electron chi connectivity index (χ2n) is 6.08. The summed E-state index contributed by atoms with van der Waals surface area (Å²) in [5, 5.41) is 8.64. The molecule has 7 nitrogen and oxygen atoms in total. The Morgan fingerprint density at radius 3 is 2.68 bits per heavy atom. The highest BCUT2D eigenvalue weighted by Crippen LogP contribution is 2.31. The molecule has 0 radical (unpaired) electrons. The van der Waals surface area contributed by atoms with E-state index in [1.165, 1.54) is 11.4 Å². The van der Waals surface area contributed by atoms with Crippen molar-refractivity contribution in [2.75, 3.05) is 40.3 Å². The number of likely N-dealkylation sites (tertiary alicyclic amines) is 1. The molecule has 138 valence electrons. The molecule has 1 aliphatic rings. The molecule has 1 aromatic rings. The van der Waals surface area contributed by atoms with Crippen LogP contribution in [-0.4, -0.2) is 58.0 Å². The summed E-state index contributed by atoms with van der Waals surface area (Å²) in [6.45, 7) is 2.32. The van der Waals surface area contributed by atoms with E-state index in [1.54, 1.807) is 7.11 Å². The molecule has 1 heterocycles. The number of hydrogen-bond donors (Lipinski definition) is 1. The molecule has 1 aliphatic heterocycles. The molecule has 0 aliphatic carbocycles. The van der Waals surface area contributed by atoms with Crippen LogP contribution in [0.5, 0.6) is 5.75 Å². The molecule has 1 saturated heterocycles. The highest BCUT2D eigenvalue weighted by Gasteiger charge is 2.28. The molecule has 0 spiro atoms. The number of hydrogen-bond acceptors (Lipinski definition) is 5. The molecule has 25 heavy (non-hydrogen) atoms. The van der Waals surface area contributed by atoms with E-state index in [0.29, 0.717) is 0 Å². The maximum absolute atomic E-state index is 12.4. The van der Waals surface area contributed by atoms with Crippen molar-refractivity contribution in [3.63, 3.8) is 0 Å². The average molecular weight is 366 g/mol. The smallest absolute Gasteiger partial charge is 0.279 e. The van der Waals surface area contributed by atoms with E-state index in [9.17, 15) is 8.42 Å². The van der Waals surface area contributed by atoms with Gasteiger partial charge in [0.25, 0.3) is 10.2 Å². The van der Waals surface area contributed by atoms with Gasteiger partial charge < -0.3 is 4.74 Å². The van der Waals surface area contributed by atoms with Crippen LogP contribution in [0.4, 0.5) is 0 Å². The van der Waals surface area contributed by atoms with Crippen molar-refractivity contribution in [3.8, 4) is 11.8 Å². The Hall–Kier alpha value is -1.66. The Morgan fingerprint density at radius 1 is 1.36 bits per heavy atom. The lowest BCUT2D eigenvalue weighted by molar-refractivity contribution is 0.239. The van der Waals surface area contributed by atoms with Crippen LogP contribution in [0.1, 0.15) is 30.9 Å². The van der Waals surface area contributed by atoms with Gasteiger partial charge in [-0.2, -0.15) is 18.0 Å². The zero-order valence-electron chi connectivity index (χ0n) is 14.8. The lowest BCUT2D eigenvalue weighted by atomic mass is 10.0. The maximum atomic E-state index is 12.4. The summed E-state index contributed by atoms with van der Waals surface area (Å²) in [5.74, 6) is 0.761. The van der Waals surface area contributed by atoms with E-state index < -0.39 is 10.2 Å². The van der Waals surface area contributed by atoms with Crippen molar-refractivity contribution >= 4 is 10.2 Å². The predicted molar refractivity (Wildman–Crippen MR) is 96.3 cm³/mol. The zero-order valence-corrected chi connectivity index (χ0v) is 15.6. The third-order valence-electron chi connectivity index (χ3n) is 4.49. The molecule has 1 unspecified atom stereocenters. The van der Waals surface area contributed by atoms with Crippen molar-refractivity contribution in [2.24, 2.45) is 0 Å². The Labute approximate surface area is 150 Å². The highest BCUT2D eigenvalue weighted by molar-refractivity contribution is 7.87. The summed E-state index contributed by atoms with van der Waals surface area (Å²) in [7, 11) is -0.515. The Morgan fingerprint density at radius 2 is 2.04 bits per heavy atom. The minimum absolute atomic E-state index is 0.0854. The average Bonchev–Trinajstić information content (AvgIpc) is 3.14. The van der Waals surface area contributed by atoms with Gasteiger partial charge in [-0.25, -0.2) is 4.72 Å². The van der Waals surface area contributed by atoms with E-state index in [4.69, 9.17) is 10.00 Å². The molecule has 2 rings (SSSR count). The topological polar surface area (TPSA) is 85.7 Å². The van der Waals surface area contributed by atoms with Crippen LogP contribution in [0, 0.1) is 11.3 Å². The number of rotatable bonds is 9. The summed E-state index contributed by atoms with van der Waals surface area (Å²) in [4.78, 5) is 2.29. The first kappa shape index (κ1) is 19.7. The van der Waals surface area contributed by atoms with E-state index in [1.807, 2.05) is 30.3 Å². The third kappa shape index (κ3) is 5.16. The summed E-state index contributed by atoms with van der Waals surface area (Å²) in [6, 6.07) is 9.60. The van der Waals surface area contributed by atoms with Crippen LogP contribution in [-0.2, 0) is 10.2 Å². The molecule has 8 heteroatoms. The monoisotopic (exact) mass is 366 g/mol. The van der Waals surface area contributed by atoms with Crippen LogP contribution in [0.25, 0.3) is 0 Å². The van der Waals surface area contributed by atoms with Crippen molar-refractivity contribution < 1.29 is 13.2 Å². The second kappa shape index (κ2) is 9.15. The predicted octanol–water partition coefficient (Wildman–Crippen LogP) is 1.51. The molecule has 1 aromatic carbocycles. The van der Waals surface area contributed by atoms with E-state index >= 15 is 0 Å². The normalized spacial score (nSPS) is 16.7. The summed E-state index contributed by atoms with van der Waals surface area (Å²) < 4.78 is 34.1. The molecule has 0 bridgehead atoms. The third-order valence-corrected chi connectivity index (χ3v) is 6.02. The van der Waals surface area contributed by atoms with Gasteiger partial charge in [0.15, 0.2) is 0 Å². The molecule has 1 N–H and O–H groups in total. The highest BCUT2D eigenvalue weighted by atomic mass is 32.2. The van der Waals surface area contributed by atoms with Crippen LogP contribution in [0.3, 0.4) is 0 Å². The zero-order chi connectivity index (χ0) is 18.3.